The van der Waals surface area contributed by atoms with Crippen LogP contribution in [0.15, 0.2) is 42.5 Å². The van der Waals surface area contributed by atoms with Gasteiger partial charge in [0.1, 0.15) is 12.3 Å². The molecule has 0 aliphatic carbocycles. The maximum absolute atomic E-state index is 12.8. The number of benzene rings is 2. The number of anilines is 1. The summed E-state index contributed by atoms with van der Waals surface area (Å²) in [6.07, 6.45) is 0. The number of amides is 2. The van der Waals surface area contributed by atoms with Gasteiger partial charge in [0.25, 0.3) is 5.91 Å². The van der Waals surface area contributed by atoms with Crippen molar-refractivity contribution in [2.45, 2.75) is 13.0 Å². The normalized spacial score (nSPS) is 14.5. The predicted octanol–water partition coefficient (Wildman–Crippen LogP) is 3.94. The second-order valence-electron chi connectivity index (χ2n) is 6.08. The van der Waals surface area contributed by atoms with Crippen LogP contribution in [0.5, 0.6) is 5.75 Å². The highest BCUT2D eigenvalue weighted by Gasteiger charge is 2.29. The Kier molecular flexibility index (Phi) is 5.39. The number of rotatable bonds is 4. The minimum Gasteiger partial charge on any atom is -0.482 e. The molecule has 26 heavy (non-hydrogen) atoms. The molecule has 0 unspecified atom stereocenters. The average Bonchev–Trinajstić information content (AvgIpc) is 2.63. The largest absolute Gasteiger partial charge is 0.482 e. The summed E-state index contributed by atoms with van der Waals surface area (Å²) in [7, 11) is 1.69. The molecule has 1 atom stereocenters. The zero-order chi connectivity index (χ0) is 18.8. The quantitative estimate of drug-likeness (QED) is 0.791. The van der Waals surface area contributed by atoms with E-state index < -0.39 is 0 Å². The maximum atomic E-state index is 12.8. The molecular formula is C19H18Cl2N2O3. The molecule has 1 aliphatic rings. The van der Waals surface area contributed by atoms with Gasteiger partial charge in [-0.2, -0.15) is 0 Å². The second-order valence-corrected chi connectivity index (χ2v) is 6.93. The first-order valence-electron chi connectivity index (χ1n) is 8.11. The Hall–Kier alpha value is -2.24. The molecule has 0 aromatic heterocycles. The van der Waals surface area contributed by atoms with Gasteiger partial charge in [-0.1, -0.05) is 41.4 Å². The molecule has 2 aromatic rings. The van der Waals surface area contributed by atoms with Crippen LogP contribution >= 0.6 is 23.2 Å². The van der Waals surface area contributed by atoms with Gasteiger partial charge >= 0.3 is 0 Å². The SMILES string of the molecule is C[C@@H](c1ccc(Cl)cc1Cl)N(C)C(=O)CN1C(=O)COc2ccccc21. The molecule has 5 nitrogen and oxygen atoms in total. The summed E-state index contributed by atoms with van der Waals surface area (Å²) in [4.78, 5) is 28.0. The molecule has 0 fully saturated rings. The molecule has 7 heteroatoms. The van der Waals surface area contributed by atoms with Gasteiger partial charge in [0, 0.05) is 17.1 Å². The Morgan fingerprint density at radius 1 is 1.27 bits per heavy atom. The van der Waals surface area contributed by atoms with Crippen molar-refractivity contribution in [1.82, 2.24) is 4.90 Å². The van der Waals surface area contributed by atoms with Gasteiger partial charge in [-0.05, 0) is 36.8 Å². The first-order chi connectivity index (χ1) is 12.4. The van der Waals surface area contributed by atoms with Gasteiger partial charge in [0.15, 0.2) is 6.61 Å². The van der Waals surface area contributed by atoms with E-state index in [1.54, 1.807) is 48.3 Å². The molecule has 1 heterocycles. The number of hydrogen-bond donors (Lipinski definition) is 0. The van der Waals surface area contributed by atoms with Crippen LogP contribution in [0.1, 0.15) is 18.5 Å². The van der Waals surface area contributed by atoms with E-state index in [2.05, 4.69) is 0 Å². The van der Waals surface area contributed by atoms with Crippen LogP contribution in [0, 0.1) is 0 Å². The highest BCUT2D eigenvalue weighted by Crippen LogP contribution is 2.32. The standard InChI is InChI=1S/C19H18Cl2N2O3/c1-12(14-8-7-13(20)9-15(14)21)22(2)18(24)10-23-16-5-3-4-6-17(16)26-11-19(23)25/h3-9,12H,10-11H2,1-2H3/t12-/m0/s1. The van der Waals surface area contributed by atoms with Crippen molar-refractivity contribution in [2.75, 3.05) is 25.1 Å². The van der Waals surface area contributed by atoms with E-state index in [0.29, 0.717) is 21.5 Å². The third-order valence-corrected chi connectivity index (χ3v) is 5.05. The molecule has 2 aromatic carbocycles. The number of para-hydroxylation sites is 2. The van der Waals surface area contributed by atoms with Gasteiger partial charge in [0.2, 0.25) is 5.91 Å². The maximum Gasteiger partial charge on any atom is 0.265 e. The predicted molar refractivity (Wildman–Crippen MR) is 102 cm³/mol. The lowest BCUT2D eigenvalue weighted by atomic mass is 10.1. The minimum absolute atomic E-state index is 0.0642. The third kappa shape index (κ3) is 3.64. The monoisotopic (exact) mass is 392 g/mol. The van der Waals surface area contributed by atoms with Gasteiger partial charge in [-0.3, -0.25) is 14.5 Å². The molecule has 0 N–H and O–H groups in total. The summed E-state index contributed by atoms with van der Waals surface area (Å²) in [5.41, 5.74) is 1.39. The number of halogens is 2. The lowest BCUT2D eigenvalue weighted by Gasteiger charge is -2.32. The molecular weight excluding hydrogens is 375 g/mol. The van der Waals surface area contributed by atoms with Gasteiger partial charge in [-0.25, -0.2) is 0 Å². The van der Waals surface area contributed by atoms with Crippen molar-refractivity contribution in [1.29, 1.82) is 0 Å². The van der Waals surface area contributed by atoms with Crippen LogP contribution in [0.2, 0.25) is 10.0 Å². The smallest absolute Gasteiger partial charge is 0.265 e. The summed E-state index contributed by atoms with van der Waals surface area (Å²) >= 11 is 12.2. The van der Waals surface area contributed by atoms with E-state index in [-0.39, 0.29) is 31.0 Å². The summed E-state index contributed by atoms with van der Waals surface area (Å²) in [6, 6.07) is 12.1. The number of hydrogen-bond acceptors (Lipinski definition) is 3. The van der Waals surface area contributed by atoms with Crippen LogP contribution in [-0.2, 0) is 9.59 Å². The number of carbonyl (C=O) groups is 2. The third-order valence-electron chi connectivity index (χ3n) is 4.49. The van der Waals surface area contributed by atoms with Crippen LogP contribution in [0.25, 0.3) is 0 Å². The Morgan fingerprint density at radius 3 is 2.73 bits per heavy atom. The first-order valence-corrected chi connectivity index (χ1v) is 8.87. The van der Waals surface area contributed by atoms with Gasteiger partial charge in [0.05, 0.1) is 11.7 Å². The lowest BCUT2D eigenvalue weighted by Crippen LogP contribution is -2.46. The van der Waals surface area contributed by atoms with E-state index in [1.165, 1.54) is 4.90 Å². The molecule has 0 radical (unpaired) electrons. The summed E-state index contributed by atoms with van der Waals surface area (Å²) < 4.78 is 5.41. The molecule has 0 saturated heterocycles. The average molecular weight is 393 g/mol. The highest BCUT2D eigenvalue weighted by atomic mass is 35.5. The molecule has 2 amide bonds. The van der Waals surface area contributed by atoms with E-state index in [0.717, 1.165) is 5.56 Å². The first kappa shape index (κ1) is 18.5. The summed E-state index contributed by atoms with van der Waals surface area (Å²) in [5, 5.41) is 1.04. The topological polar surface area (TPSA) is 49.9 Å². The number of likely N-dealkylation sites (N-methyl/N-ethyl adjacent to an activating group) is 1. The van der Waals surface area contributed by atoms with Crippen LogP contribution in [0.4, 0.5) is 5.69 Å². The molecule has 1 aliphatic heterocycles. The Bertz CT molecular complexity index is 856. The van der Waals surface area contributed by atoms with Crippen LogP contribution in [0.3, 0.4) is 0 Å². The Balaban J connectivity index is 1.78. The number of carbonyl (C=O) groups excluding carboxylic acids is 2. The van der Waals surface area contributed by atoms with Crippen molar-refractivity contribution >= 4 is 40.7 Å². The molecule has 0 spiro atoms. The number of fused-ring (bicyclic) bond motifs is 1. The van der Waals surface area contributed by atoms with Crippen LogP contribution in [-0.4, -0.2) is 36.9 Å². The van der Waals surface area contributed by atoms with E-state index in [1.807, 2.05) is 13.0 Å². The fraction of sp³-hybridized carbons (Fsp3) is 0.263. The number of ether oxygens (including phenoxy) is 1. The molecule has 3 rings (SSSR count). The van der Waals surface area contributed by atoms with E-state index in [9.17, 15) is 9.59 Å². The fourth-order valence-electron chi connectivity index (χ4n) is 2.84. The Morgan fingerprint density at radius 2 is 2.00 bits per heavy atom. The van der Waals surface area contributed by atoms with Crippen molar-refractivity contribution in [3.8, 4) is 5.75 Å². The zero-order valence-electron chi connectivity index (χ0n) is 14.4. The van der Waals surface area contributed by atoms with E-state index in [4.69, 9.17) is 27.9 Å². The van der Waals surface area contributed by atoms with Crippen molar-refractivity contribution in [3.63, 3.8) is 0 Å². The molecule has 0 bridgehead atoms. The minimum atomic E-state index is -0.265. The van der Waals surface area contributed by atoms with E-state index >= 15 is 0 Å². The number of nitrogens with zero attached hydrogens (tertiary/aromatic N) is 2. The lowest BCUT2D eigenvalue weighted by molar-refractivity contribution is -0.132. The second kappa shape index (κ2) is 7.56. The zero-order valence-corrected chi connectivity index (χ0v) is 15.9. The van der Waals surface area contributed by atoms with Gasteiger partial charge < -0.3 is 9.64 Å². The summed E-state index contributed by atoms with van der Waals surface area (Å²) in [5.74, 6) is 0.146. The summed E-state index contributed by atoms with van der Waals surface area (Å²) in [6.45, 7) is 1.74. The fourth-order valence-corrected chi connectivity index (χ4v) is 3.41. The van der Waals surface area contributed by atoms with Crippen LogP contribution < -0.4 is 9.64 Å². The van der Waals surface area contributed by atoms with Crippen molar-refractivity contribution in [2.24, 2.45) is 0 Å². The molecule has 136 valence electrons. The molecule has 0 saturated carbocycles. The highest BCUT2D eigenvalue weighted by molar-refractivity contribution is 6.35. The van der Waals surface area contributed by atoms with Crippen molar-refractivity contribution < 1.29 is 14.3 Å². The van der Waals surface area contributed by atoms with Gasteiger partial charge in [-0.15, -0.1) is 0 Å². The van der Waals surface area contributed by atoms with Crippen molar-refractivity contribution in [3.05, 3.63) is 58.1 Å². The Labute approximate surface area is 162 Å².